The average molecular weight is 487 g/mol. The number of hydrogen-bond acceptors (Lipinski definition) is 6. The highest BCUT2D eigenvalue weighted by atomic mass is 32.2. The van der Waals surface area contributed by atoms with Crippen LogP contribution in [0.5, 0.6) is 0 Å². The van der Waals surface area contributed by atoms with Crippen LogP contribution in [0.2, 0.25) is 0 Å². The lowest BCUT2D eigenvalue weighted by Crippen LogP contribution is -2.31. The summed E-state index contributed by atoms with van der Waals surface area (Å²) in [4.78, 5) is 0.218. The molecule has 0 amide bonds. The van der Waals surface area contributed by atoms with Crippen molar-refractivity contribution in [2.45, 2.75) is 37.1 Å². The number of sulfonamides is 1. The molecule has 8 nitrogen and oxygen atoms in total. The van der Waals surface area contributed by atoms with Gasteiger partial charge in [-0.1, -0.05) is 64.9 Å². The molecule has 0 radical (unpaired) electrons. The highest BCUT2D eigenvalue weighted by molar-refractivity contribution is 7.90. The van der Waals surface area contributed by atoms with E-state index in [1.165, 1.54) is 22.6 Å². The molecule has 0 unspecified atom stereocenters. The predicted molar refractivity (Wildman–Crippen MR) is 127 cm³/mol. The molecule has 3 aromatic rings. The number of aryl methyl sites for hydroxylation is 2. The number of hydrogen-bond donors (Lipinski definition) is 0. The minimum atomic E-state index is -3.94. The van der Waals surface area contributed by atoms with Crippen molar-refractivity contribution in [1.82, 2.24) is 18.7 Å². The molecular weight excluding hydrogens is 460 g/mol. The highest BCUT2D eigenvalue weighted by Crippen LogP contribution is 2.19. The van der Waals surface area contributed by atoms with Crippen molar-refractivity contribution in [1.29, 1.82) is 0 Å². The second kappa shape index (κ2) is 10.2. The fraction of sp³-hybridized carbons (Fsp3) is 0.217. The first-order valence-corrected chi connectivity index (χ1v) is 13.1. The molecule has 0 aliphatic rings. The van der Waals surface area contributed by atoms with E-state index in [-0.39, 0.29) is 28.6 Å². The maximum atomic E-state index is 13.3. The third-order valence-corrected chi connectivity index (χ3v) is 8.20. The smallest absolute Gasteiger partial charge is 0.207 e. The summed E-state index contributed by atoms with van der Waals surface area (Å²) in [5.41, 5.74) is 2.08. The standard InChI is InChI=1S/C23H26N4O4S2/c1-4-5-6-7-16-26(32(28,29)22-12-8-19(2)9-13-22)17-21-18-27(25-24-21)33(30,31)23-14-10-20(3)11-15-23/h4-15,18H,16-17H2,1-3H3/b5-4+,7-6+. The van der Waals surface area contributed by atoms with Gasteiger partial charge in [-0.25, -0.2) is 8.42 Å². The minimum absolute atomic E-state index is 0.0722. The van der Waals surface area contributed by atoms with Gasteiger partial charge in [-0.2, -0.15) is 12.7 Å². The predicted octanol–water partition coefficient (Wildman–Crippen LogP) is 3.46. The van der Waals surface area contributed by atoms with Gasteiger partial charge in [0.15, 0.2) is 0 Å². The normalized spacial score (nSPS) is 12.8. The van der Waals surface area contributed by atoms with Gasteiger partial charge in [0.2, 0.25) is 10.0 Å². The molecule has 0 aliphatic heterocycles. The first-order chi connectivity index (χ1) is 15.6. The molecule has 1 aromatic heterocycles. The van der Waals surface area contributed by atoms with E-state index < -0.39 is 20.0 Å². The van der Waals surface area contributed by atoms with Crippen LogP contribution in [0.4, 0.5) is 0 Å². The third-order valence-electron chi connectivity index (χ3n) is 4.83. The van der Waals surface area contributed by atoms with E-state index in [1.807, 2.05) is 26.8 Å². The number of rotatable bonds is 9. The molecule has 10 heteroatoms. The summed E-state index contributed by atoms with van der Waals surface area (Å²) in [5, 5.41) is 7.66. The lowest BCUT2D eigenvalue weighted by molar-refractivity contribution is 0.433. The fourth-order valence-corrected chi connectivity index (χ4v) is 5.40. The molecule has 0 fully saturated rings. The fourth-order valence-electron chi connectivity index (χ4n) is 2.94. The topological polar surface area (TPSA) is 102 Å². The molecule has 0 aliphatic carbocycles. The van der Waals surface area contributed by atoms with Crippen LogP contribution in [0.1, 0.15) is 23.7 Å². The Kier molecular flexibility index (Phi) is 7.62. The first-order valence-electron chi connectivity index (χ1n) is 10.2. The number of aromatic nitrogens is 3. The Morgan fingerprint density at radius 2 is 1.45 bits per heavy atom. The number of allylic oxidation sites excluding steroid dienone is 3. The summed E-state index contributed by atoms with van der Waals surface area (Å²) in [6.45, 7) is 5.54. The summed E-state index contributed by atoms with van der Waals surface area (Å²) >= 11 is 0. The van der Waals surface area contributed by atoms with Crippen molar-refractivity contribution >= 4 is 20.0 Å². The van der Waals surface area contributed by atoms with Gasteiger partial charge >= 0.3 is 0 Å². The van der Waals surface area contributed by atoms with Crippen LogP contribution in [0.25, 0.3) is 0 Å². The van der Waals surface area contributed by atoms with Crippen LogP contribution in [-0.2, 0) is 26.6 Å². The number of benzene rings is 2. The monoisotopic (exact) mass is 486 g/mol. The zero-order valence-electron chi connectivity index (χ0n) is 18.7. The summed E-state index contributed by atoms with van der Waals surface area (Å²) in [5.74, 6) is 0. The molecule has 0 spiro atoms. The maximum absolute atomic E-state index is 13.3. The van der Waals surface area contributed by atoms with Crippen LogP contribution in [-0.4, -0.2) is 42.1 Å². The van der Waals surface area contributed by atoms with Gasteiger partial charge in [-0.05, 0) is 45.0 Å². The van der Waals surface area contributed by atoms with Gasteiger partial charge in [0.25, 0.3) is 10.0 Å². The van der Waals surface area contributed by atoms with Crippen molar-refractivity contribution in [3.63, 3.8) is 0 Å². The molecular formula is C23H26N4O4S2. The molecule has 0 bridgehead atoms. The summed E-state index contributed by atoms with van der Waals surface area (Å²) in [7, 11) is -7.79. The molecule has 0 saturated carbocycles. The van der Waals surface area contributed by atoms with Gasteiger partial charge < -0.3 is 0 Å². The summed E-state index contributed by atoms with van der Waals surface area (Å²) in [6.07, 6.45) is 8.32. The SMILES string of the molecule is C/C=C/C=C/CN(Cc1cn(S(=O)(=O)c2ccc(C)cc2)nn1)S(=O)(=O)c1ccc(C)cc1. The van der Waals surface area contributed by atoms with Crippen molar-refractivity contribution in [3.8, 4) is 0 Å². The molecule has 0 atom stereocenters. The highest BCUT2D eigenvalue weighted by Gasteiger charge is 2.26. The Balaban J connectivity index is 1.91. The van der Waals surface area contributed by atoms with Crippen LogP contribution in [0, 0.1) is 13.8 Å². The Morgan fingerprint density at radius 1 is 0.879 bits per heavy atom. The largest absolute Gasteiger partial charge is 0.284 e. The lowest BCUT2D eigenvalue weighted by atomic mass is 10.2. The molecule has 1 heterocycles. The van der Waals surface area contributed by atoms with Gasteiger partial charge in [-0.3, -0.25) is 0 Å². The van der Waals surface area contributed by atoms with Crippen LogP contribution >= 0.6 is 0 Å². The quantitative estimate of drug-likeness (QED) is 0.429. The molecule has 0 saturated heterocycles. The third kappa shape index (κ3) is 5.84. The van der Waals surface area contributed by atoms with E-state index in [9.17, 15) is 16.8 Å². The Labute approximate surface area is 195 Å². The van der Waals surface area contributed by atoms with Crippen molar-refractivity contribution < 1.29 is 16.8 Å². The van der Waals surface area contributed by atoms with E-state index in [1.54, 1.807) is 54.6 Å². The maximum Gasteiger partial charge on any atom is 0.284 e. The Bertz CT molecular complexity index is 1360. The molecule has 174 valence electrons. The minimum Gasteiger partial charge on any atom is -0.207 e. The van der Waals surface area contributed by atoms with Crippen LogP contribution in [0.3, 0.4) is 0 Å². The molecule has 33 heavy (non-hydrogen) atoms. The van der Waals surface area contributed by atoms with E-state index >= 15 is 0 Å². The van der Waals surface area contributed by atoms with Gasteiger partial charge in [-0.15, -0.1) is 9.19 Å². The molecule has 0 N–H and O–H groups in total. The van der Waals surface area contributed by atoms with Gasteiger partial charge in [0.05, 0.1) is 28.2 Å². The summed E-state index contributed by atoms with van der Waals surface area (Å²) < 4.78 is 54.2. The molecule has 3 rings (SSSR count). The lowest BCUT2D eigenvalue weighted by Gasteiger charge is -2.19. The first kappa shape index (κ1) is 24.6. The zero-order valence-corrected chi connectivity index (χ0v) is 20.3. The summed E-state index contributed by atoms with van der Waals surface area (Å²) in [6, 6.07) is 12.9. The van der Waals surface area contributed by atoms with Gasteiger partial charge in [0, 0.05) is 6.54 Å². The van der Waals surface area contributed by atoms with E-state index in [0.717, 1.165) is 15.2 Å². The van der Waals surface area contributed by atoms with Crippen molar-refractivity contribution in [3.05, 3.63) is 95.9 Å². The van der Waals surface area contributed by atoms with E-state index in [0.29, 0.717) is 0 Å². The van der Waals surface area contributed by atoms with E-state index in [2.05, 4.69) is 10.3 Å². The Morgan fingerprint density at radius 3 is 2.03 bits per heavy atom. The number of nitrogens with zero attached hydrogens (tertiary/aromatic N) is 4. The van der Waals surface area contributed by atoms with Crippen molar-refractivity contribution in [2.75, 3.05) is 6.54 Å². The molecule has 2 aromatic carbocycles. The van der Waals surface area contributed by atoms with Crippen molar-refractivity contribution in [2.24, 2.45) is 0 Å². The second-order valence-corrected chi connectivity index (χ2v) is 11.2. The Hall–Kier alpha value is -3.08. The van der Waals surface area contributed by atoms with E-state index in [4.69, 9.17) is 0 Å². The zero-order chi connectivity index (χ0) is 24.1. The van der Waals surface area contributed by atoms with Crippen LogP contribution < -0.4 is 0 Å². The van der Waals surface area contributed by atoms with Gasteiger partial charge in [0.1, 0.15) is 0 Å². The van der Waals surface area contributed by atoms with Crippen LogP contribution in [0.15, 0.2) is 88.8 Å². The second-order valence-electron chi connectivity index (χ2n) is 7.47. The average Bonchev–Trinajstić information content (AvgIpc) is 3.26.